The highest BCUT2D eigenvalue weighted by Gasteiger charge is 2.15. The third kappa shape index (κ3) is 6.85. The monoisotopic (exact) mass is 495 g/mol. The lowest BCUT2D eigenvalue weighted by Crippen LogP contribution is -2.36. The summed E-state index contributed by atoms with van der Waals surface area (Å²) in [6.45, 7) is 2.38. The van der Waals surface area contributed by atoms with Gasteiger partial charge in [0.25, 0.3) is 5.91 Å². The molecule has 6 nitrogen and oxygen atoms in total. The molecule has 0 spiro atoms. The number of rotatable bonds is 10. The Labute approximate surface area is 196 Å². The Morgan fingerprint density at radius 3 is 2.47 bits per heavy atom. The molecular weight excluding hydrogens is 470 g/mol. The van der Waals surface area contributed by atoms with Crippen molar-refractivity contribution in [2.75, 3.05) is 12.4 Å². The van der Waals surface area contributed by atoms with Crippen LogP contribution < -0.4 is 20.2 Å². The Balaban J connectivity index is 1.57. The van der Waals surface area contributed by atoms with Gasteiger partial charge in [-0.05, 0) is 60.5 Å². The van der Waals surface area contributed by atoms with Crippen molar-refractivity contribution in [2.24, 2.45) is 5.10 Å². The summed E-state index contributed by atoms with van der Waals surface area (Å²) in [5, 5.41) is 7.35. The van der Waals surface area contributed by atoms with Gasteiger partial charge in [0, 0.05) is 15.7 Å². The molecule has 3 aromatic carbocycles. The number of carbonyl (C=O) groups is 1. The molecule has 0 aliphatic rings. The second-order valence-electron chi connectivity index (χ2n) is 7.02. The van der Waals surface area contributed by atoms with E-state index in [1.54, 1.807) is 13.3 Å². The molecule has 0 heterocycles. The number of nitrogens with one attached hydrogen (secondary N) is 2. The van der Waals surface area contributed by atoms with E-state index in [0.29, 0.717) is 18.8 Å². The van der Waals surface area contributed by atoms with Crippen molar-refractivity contribution in [2.45, 2.75) is 26.0 Å². The van der Waals surface area contributed by atoms with E-state index < -0.39 is 6.04 Å². The molecule has 1 atom stereocenters. The molecule has 0 aromatic heterocycles. The molecule has 0 aliphatic heterocycles. The maximum Gasteiger partial charge on any atom is 0.262 e. The molecule has 0 fully saturated rings. The molecule has 3 aromatic rings. The topological polar surface area (TPSA) is 72.0 Å². The third-order valence-electron chi connectivity index (χ3n) is 4.76. The Hall–Kier alpha value is -3.32. The fraction of sp³-hybridized carbons (Fsp3) is 0.200. The zero-order valence-electron chi connectivity index (χ0n) is 18.0. The van der Waals surface area contributed by atoms with Gasteiger partial charge in [-0.3, -0.25) is 4.79 Å². The van der Waals surface area contributed by atoms with E-state index in [-0.39, 0.29) is 5.91 Å². The van der Waals surface area contributed by atoms with Gasteiger partial charge >= 0.3 is 0 Å². The minimum atomic E-state index is -0.413. The van der Waals surface area contributed by atoms with Gasteiger partial charge < -0.3 is 14.8 Å². The molecule has 2 N–H and O–H groups in total. The minimum Gasteiger partial charge on any atom is -0.497 e. The number of hydrogen-bond donors (Lipinski definition) is 2. The van der Waals surface area contributed by atoms with Crippen LogP contribution in [0.15, 0.2) is 82.4 Å². The lowest BCUT2D eigenvalue weighted by Gasteiger charge is -2.16. The van der Waals surface area contributed by atoms with Crippen molar-refractivity contribution < 1.29 is 14.3 Å². The number of carbonyl (C=O) groups excluding carboxylic acids is 1. The average molecular weight is 496 g/mol. The zero-order chi connectivity index (χ0) is 22.8. The standard InChI is InChI=1S/C25H26BrN3O3/c1-3-23(28-21-12-14-22(31-2)15-13-21)25(30)29-27-16-19-6-4-5-7-24(19)32-17-18-8-10-20(26)11-9-18/h4-16,23,28H,3,17H2,1-2H3,(H,29,30)/b27-16-/t23-/m0/s1. The van der Waals surface area contributed by atoms with Gasteiger partial charge in [0.2, 0.25) is 0 Å². The van der Waals surface area contributed by atoms with Gasteiger partial charge in [-0.25, -0.2) is 5.43 Å². The van der Waals surface area contributed by atoms with Crippen molar-refractivity contribution in [3.63, 3.8) is 0 Å². The second-order valence-corrected chi connectivity index (χ2v) is 7.94. The predicted molar refractivity (Wildman–Crippen MR) is 131 cm³/mol. The van der Waals surface area contributed by atoms with E-state index in [1.807, 2.05) is 79.7 Å². The van der Waals surface area contributed by atoms with E-state index in [9.17, 15) is 4.79 Å². The first-order valence-corrected chi connectivity index (χ1v) is 11.1. The average Bonchev–Trinajstić information content (AvgIpc) is 2.83. The quantitative estimate of drug-likeness (QED) is 0.292. The van der Waals surface area contributed by atoms with E-state index in [2.05, 4.69) is 31.8 Å². The molecule has 166 valence electrons. The van der Waals surface area contributed by atoms with Gasteiger partial charge in [0.1, 0.15) is 24.1 Å². The van der Waals surface area contributed by atoms with Crippen LogP contribution >= 0.6 is 15.9 Å². The lowest BCUT2D eigenvalue weighted by atomic mass is 10.2. The van der Waals surface area contributed by atoms with Crippen LogP contribution in [-0.4, -0.2) is 25.3 Å². The number of para-hydroxylation sites is 1. The molecule has 0 radical (unpaired) electrons. The summed E-state index contributed by atoms with van der Waals surface area (Å²) in [6, 6.07) is 22.5. The number of benzene rings is 3. The summed E-state index contributed by atoms with van der Waals surface area (Å²) < 4.78 is 12.1. The summed E-state index contributed by atoms with van der Waals surface area (Å²) in [5.41, 5.74) is 5.29. The number of anilines is 1. The summed E-state index contributed by atoms with van der Waals surface area (Å²) in [5.74, 6) is 1.24. The second kappa shape index (κ2) is 11.9. The third-order valence-corrected chi connectivity index (χ3v) is 5.29. The SMILES string of the molecule is CC[C@H](Nc1ccc(OC)cc1)C(=O)N/N=C\c1ccccc1OCc1ccc(Br)cc1. The molecule has 0 saturated heterocycles. The highest BCUT2D eigenvalue weighted by Crippen LogP contribution is 2.19. The van der Waals surface area contributed by atoms with Crippen LogP contribution in [0.25, 0.3) is 0 Å². The van der Waals surface area contributed by atoms with Crippen molar-refractivity contribution in [1.29, 1.82) is 0 Å². The summed E-state index contributed by atoms with van der Waals surface area (Å²) in [7, 11) is 1.62. The van der Waals surface area contributed by atoms with Crippen LogP contribution in [0, 0.1) is 0 Å². The van der Waals surface area contributed by atoms with Crippen molar-refractivity contribution in [1.82, 2.24) is 5.43 Å². The fourth-order valence-electron chi connectivity index (χ4n) is 2.95. The van der Waals surface area contributed by atoms with Crippen molar-refractivity contribution in [3.05, 3.63) is 88.4 Å². The number of hydrogen-bond acceptors (Lipinski definition) is 5. The zero-order valence-corrected chi connectivity index (χ0v) is 19.6. The molecule has 32 heavy (non-hydrogen) atoms. The van der Waals surface area contributed by atoms with Gasteiger partial charge in [-0.1, -0.05) is 47.1 Å². The van der Waals surface area contributed by atoms with Crippen LogP contribution in [0.3, 0.4) is 0 Å². The van der Waals surface area contributed by atoms with Gasteiger partial charge in [-0.2, -0.15) is 5.10 Å². The van der Waals surface area contributed by atoms with E-state index >= 15 is 0 Å². The molecular formula is C25H26BrN3O3. The Morgan fingerprint density at radius 1 is 1.06 bits per heavy atom. The number of amides is 1. The number of hydrazone groups is 1. The molecule has 3 rings (SSSR count). The Kier molecular flexibility index (Phi) is 8.69. The van der Waals surface area contributed by atoms with E-state index in [0.717, 1.165) is 27.0 Å². The van der Waals surface area contributed by atoms with Crippen LogP contribution in [-0.2, 0) is 11.4 Å². The maximum absolute atomic E-state index is 12.6. The van der Waals surface area contributed by atoms with Gasteiger partial charge in [-0.15, -0.1) is 0 Å². The Bertz CT molecular complexity index is 1040. The number of methoxy groups -OCH3 is 1. The predicted octanol–water partition coefficient (Wildman–Crippen LogP) is 5.38. The van der Waals surface area contributed by atoms with Crippen molar-refractivity contribution in [3.8, 4) is 11.5 Å². The molecule has 0 bridgehead atoms. The normalized spacial score (nSPS) is 11.7. The fourth-order valence-corrected chi connectivity index (χ4v) is 3.21. The van der Waals surface area contributed by atoms with Crippen LogP contribution in [0.5, 0.6) is 11.5 Å². The molecule has 7 heteroatoms. The molecule has 0 saturated carbocycles. The smallest absolute Gasteiger partial charge is 0.262 e. The van der Waals surface area contributed by atoms with Crippen LogP contribution in [0.1, 0.15) is 24.5 Å². The number of ether oxygens (including phenoxy) is 2. The van der Waals surface area contributed by atoms with Gasteiger partial charge in [0.05, 0.1) is 13.3 Å². The summed E-state index contributed by atoms with van der Waals surface area (Å²) in [6.07, 6.45) is 2.20. The first-order valence-electron chi connectivity index (χ1n) is 10.3. The first-order chi connectivity index (χ1) is 15.6. The lowest BCUT2D eigenvalue weighted by molar-refractivity contribution is -0.121. The summed E-state index contributed by atoms with van der Waals surface area (Å²) in [4.78, 5) is 12.6. The minimum absolute atomic E-state index is 0.215. The number of halogens is 1. The first kappa shape index (κ1) is 23.3. The highest BCUT2D eigenvalue weighted by atomic mass is 79.9. The van der Waals surface area contributed by atoms with E-state index in [1.165, 1.54) is 0 Å². The number of nitrogens with zero attached hydrogens (tertiary/aromatic N) is 1. The van der Waals surface area contributed by atoms with E-state index in [4.69, 9.17) is 9.47 Å². The summed E-state index contributed by atoms with van der Waals surface area (Å²) >= 11 is 3.43. The van der Waals surface area contributed by atoms with Crippen molar-refractivity contribution >= 4 is 33.7 Å². The largest absolute Gasteiger partial charge is 0.497 e. The highest BCUT2D eigenvalue weighted by molar-refractivity contribution is 9.10. The van der Waals surface area contributed by atoms with Crippen LogP contribution in [0.2, 0.25) is 0 Å². The maximum atomic E-state index is 12.6. The van der Waals surface area contributed by atoms with Crippen LogP contribution in [0.4, 0.5) is 5.69 Å². The Morgan fingerprint density at radius 2 is 1.78 bits per heavy atom. The molecule has 1 amide bonds. The molecule has 0 aliphatic carbocycles. The molecule has 0 unspecified atom stereocenters. The van der Waals surface area contributed by atoms with Gasteiger partial charge in [0.15, 0.2) is 0 Å².